The molecule has 0 aliphatic rings. The van der Waals surface area contributed by atoms with E-state index in [9.17, 15) is 9.90 Å². The van der Waals surface area contributed by atoms with Gasteiger partial charge in [-0.25, -0.2) is 0 Å². The highest BCUT2D eigenvalue weighted by atomic mass is 35.5. The number of benzene rings is 1. The van der Waals surface area contributed by atoms with Gasteiger partial charge in [-0.05, 0) is 17.5 Å². The highest BCUT2D eigenvalue weighted by Gasteiger charge is 2.25. The third-order valence-corrected chi connectivity index (χ3v) is 2.94. The molecule has 1 unspecified atom stereocenters. The van der Waals surface area contributed by atoms with Crippen LogP contribution in [0.4, 0.5) is 0 Å². The Labute approximate surface area is 121 Å². The molecular weight excluding hydrogens is 264 g/mol. The molecule has 0 saturated heterocycles. The number of carbonyl (C=O) groups is 1. The van der Waals surface area contributed by atoms with Crippen LogP contribution in [0.15, 0.2) is 30.3 Å². The van der Waals surface area contributed by atoms with Gasteiger partial charge in [0, 0.05) is 13.6 Å². The van der Waals surface area contributed by atoms with E-state index in [0.29, 0.717) is 18.7 Å². The lowest BCUT2D eigenvalue weighted by Crippen LogP contribution is -2.41. The van der Waals surface area contributed by atoms with Crippen molar-refractivity contribution in [2.45, 2.75) is 20.0 Å². The number of aliphatic hydroxyl groups is 1. The maximum Gasteiger partial charge on any atom is 0.255 e. The number of hydrogen-bond acceptors (Lipinski definition) is 3. The third kappa shape index (κ3) is 5.19. The lowest BCUT2D eigenvalue weighted by atomic mass is 9.93. The van der Waals surface area contributed by atoms with Gasteiger partial charge >= 0.3 is 0 Å². The number of halogens is 1. The van der Waals surface area contributed by atoms with Gasteiger partial charge < -0.3 is 15.7 Å². The van der Waals surface area contributed by atoms with E-state index >= 15 is 0 Å². The van der Waals surface area contributed by atoms with Crippen molar-refractivity contribution in [1.82, 2.24) is 4.90 Å². The summed E-state index contributed by atoms with van der Waals surface area (Å²) in [6.45, 7) is 5.00. The fourth-order valence-electron chi connectivity index (χ4n) is 1.77. The molecule has 0 radical (unpaired) electrons. The van der Waals surface area contributed by atoms with E-state index in [1.165, 1.54) is 4.90 Å². The first kappa shape index (κ1) is 17.9. The van der Waals surface area contributed by atoms with Crippen molar-refractivity contribution in [3.8, 4) is 0 Å². The standard InChI is InChI=1S/C14H22N2O2.ClH/c1-14(2,9-15)10-16(3)13(18)12(17)11-7-5-4-6-8-11;/h4-8,12,17H,9-10,15H2,1-3H3;1H. The fraction of sp³-hybridized carbons (Fsp3) is 0.500. The lowest BCUT2D eigenvalue weighted by Gasteiger charge is -2.30. The molecule has 4 nitrogen and oxygen atoms in total. The summed E-state index contributed by atoms with van der Waals surface area (Å²) in [5.41, 5.74) is 6.10. The molecule has 5 heteroatoms. The monoisotopic (exact) mass is 286 g/mol. The average molecular weight is 287 g/mol. The summed E-state index contributed by atoms with van der Waals surface area (Å²) in [6.07, 6.45) is -1.11. The minimum absolute atomic E-state index is 0. The summed E-state index contributed by atoms with van der Waals surface area (Å²) >= 11 is 0. The first-order valence-electron chi connectivity index (χ1n) is 6.05. The second-order valence-corrected chi connectivity index (χ2v) is 5.38. The number of aliphatic hydroxyl groups excluding tert-OH is 1. The molecule has 1 atom stereocenters. The Bertz CT molecular complexity index is 396. The molecule has 0 saturated carbocycles. The van der Waals surface area contributed by atoms with Crippen LogP contribution in [0.2, 0.25) is 0 Å². The minimum Gasteiger partial charge on any atom is -0.378 e. The highest BCUT2D eigenvalue weighted by Crippen LogP contribution is 2.19. The number of likely N-dealkylation sites (N-methyl/N-ethyl adjacent to an activating group) is 1. The van der Waals surface area contributed by atoms with E-state index in [4.69, 9.17) is 5.73 Å². The predicted molar refractivity (Wildman–Crippen MR) is 79.1 cm³/mol. The Morgan fingerprint density at radius 3 is 2.37 bits per heavy atom. The van der Waals surface area contributed by atoms with Gasteiger partial charge in [0.15, 0.2) is 6.10 Å². The van der Waals surface area contributed by atoms with Crippen LogP contribution in [0.3, 0.4) is 0 Å². The van der Waals surface area contributed by atoms with Crippen molar-refractivity contribution in [3.63, 3.8) is 0 Å². The molecule has 0 heterocycles. The summed E-state index contributed by atoms with van der Waals surface area (Å²) in [6, 6.07) is 8.93. The van der Waals surface area contributed by atoms with Gasteiger partial charge in [0.25, 0.3) is 5.91 Å². The van der Waals surface area contributed by atoms with Gasteiger partial charge in [-0.2, -0.15) is 0 Å². The molecular formula is C14H23ClN2O2. The third-order valence-electron chi connectivity index (χ3n) is 2.94. The van der Waals surface area contributed by atoms with Gasteiger partial charge in [-0.3, -0.25) is 4.79 Å². The van der Waals surface area contributed by atoms with E-state index in [1.54, 1.807) is 31.3 Å². The van der Waals surface area contributed by atoms with Gasteiger partial charge in [0.2, 0.25) is 0 Å². The molecule has 108 valence electrons. The molecule has 19 heavy (non-hydrogen) atoms. The number of amides is 1. The van der Waals surface area contributed by atoms with Gasteiger partial charge in [0.1, 0.15) is 0 Å². The van der Waals surface area contributed by atoms with Crippen molar-refractivity contribution in [2.24, 2.45) is 11.1 Å². The fourth-order valence-corrected chi connectivity index (χ4v) is 1.77. The molecule has 1 aromatic rings. The normalized spacial score (nSPS) is 12.5. The molecule has 0 aromatic heterocycles. The Hall–Kier alpha value is -1.10. The maximum atomic E-state index is 12.1. The Balaban J connectivity index is 0.00000324. The first-order valence-corrected chi connectivity index (χ1v) is 6.05. The van der Waals surface area contributed by atoms with Crippen molar-refractivity contribution in [3.05, 3.63) is 35.9 Å². The molecule has 0 aliphatic carbocycles. The van der Waals surface area contributed by atoms with Crippen molar-refractivity contribution >= 4 is 18.3 Å². The zero-order chi connectivity index (χ0) is 13.8. The number of hydrogen-bond donors (Lipinski definition) is 2. The Kier molecular flexibility index (Phi) is 7.05. The number of rotatable bonds is 5. The van der Waals surface area contributed by atoms with Crippen LogP contribution in [-0.4, -0.2) is 36.1 Å². The second-order valence-electron chi connectivity index (χ2n) is 5.38. The Morgan fingerprint density at radius 2 is 1.89 bits per heavy atom. The smallest absolute Gasteiger partial charge is 0.255 e. The van der Waals surface area contributed by atoms with Gasteiger partial charge in [0.05, 0.1) is 0 Å². The van der Waals surface area contributed by atoms with E-state index in [2.05, 4.69) is 0 Å². The van der Waals surface area contributed by atoms with E-state index in [-0.39, 0.29) is 23.7 Å². The van der Waals surface area contributed by atoms with E-state index in [0.717, 1.165) is 0 Å². The summed E-state index contributed by atoms with van der Waals surface area (Å²) in [5, 5.41) is 10.0. The second kappa shape index (κ2) is 7.48. The zero-order valence-corrected chi connectivity index (χ0v) is 12.5. The molecule has 1 aromatic carbocycles. The molecule has 0 fully saturated rings. The quantitative estimate of drug-likeness (QED) is 0.864. The minimum atomic E-state index is -1.11. The van der Waals surface area contributed by atoms with Crippen LogP contribution in [0.1, 0.15) is 25.5 Å². The summed E-state index contributed by atoms with van der Waals surface area (Å²) in [5.74, 6) is -0.303. The zero-order valence-electron chi connectivity index (χ0n) is 11.7. The SMILES string of the molecule is CN(CC(C)(C)CN)C(=O)C(O)c1ccccc1.Cl. The van der Waals surface area contributed by atoms with Crippen LogP contribution < -0.4 is 5.73 Å². The molecule has 0 bridgehead atoms. The summed E-state index contributed by atoms with van der Waals surface area (Å²) in [4.78, 5) is 13.6. The van der Waals surface area contributed by atoms with E-state index in [1.807, 2.05) is 19.9 Å². The largest absolute Gasteiger partial charge is 0.378 e. The van der Waals surface area contributed by atoms with Crippen molar-refractivity contribution in [2.75, 3.05) is 20.1 Å². The van der Waals surface area contributed by atoms with Gasteiger partial charge in [-0.1, -0.05) is 44.2 Å². The topological polar surface area (TPSA) is 66.6 Å². The average Bonchev–Trinajstić information content (AvgIpc) is 2.37. The lowest BCUT2D eigenvalue weighted by molar-refractivity contribution is -0.140. The Morgan fingerprint density at radius 1 is 1.37 bits per heavy atom. The number of nitrogens with two attached hydrogens (primary N) is 1. The highest BCUT2D eigenvalue weighted by molar-refractivity contribution is 5.85. The van der Waals surface area contributed by atoms with Gasteiger partial charge in [-0.15, -0.1) is 12.4 Å². The summed E-state index contributed by atoms with van der Waals surface area (Å²) in [7, 11) is 1.69. The summed E-state index contributed by atoms with van der Waals surface area (Å²) < 4.78 is 0. The maximum absolute atomic E-state index is 12.1. The van der Waals surface area contributed by atoms with Crippen molar-refractivity contribution < 1.29 is 9.90 Å². The van der Waals surface area contributed by atoms with Crippen LogP contribution in [0, 0.1) is 5.41 Å². The number of carbonyl (C=O) groups excluding carboxylic acids is 1. The van der Waals surface area contributed by atoms with Crippen LogP contribution >= 0.6 is 12.4 Å². The number of nitrogens with zero attached hydrogens (tertiary/aromatic N) is 1. The van der Waals surface area contributed by atoms with E-state index < -0.39 is 6.10 Å². The molecule has 1 amide bonds. The molecule has 0 aliphatic heterocycles. The molecule has 0 spiro atoms. The van der Waals surface area contributed by atoms with Crippen molar-refractivity contribution in [1.29, 1.82) is 0 Å². The molecule has 3 N–H and O–H groups in total. The predicted octanol–water partition coefficient (Wildman–Crippen LogP) is 1.59. The molecule has 1 rings (SSSR count). The van der Waals surface area contributed by atoms with Crippen LogP contribution in [0.5, 0.6) is 0 Å². The van der Waals surface area contributed by atoms with Crippen LogP contribution in [-0.2, 0) is 4.79 Å². The van der Waals surface area contributed by atoms with Crippen LogP contribution in [0.25, 0.3) is 0 Å². The first-order chi connectivity index (χ1) is 8.37.